The quantitative estimate of drug-likeness (QED) is 0.0554. The lowest BCUT2D eigenvalue weighted by atomic mass is 9.82. The Morgan fingerprint density at radius 1 is 0.556 bits per heavy atom. The lowest BCUT2D eigenvalue weighted by Gasteiger charge is -2.46. The lowest BCUT2D eigenvalue weighted by molar-refractivity contribution is -0.309. The molecule has 19 atom stereocenters. The molecule has 99 heavy (non-hydrogen) atoms. The number of cyclic esters (lactones) is 1. The van der Waals surface area contributed by atoms with Crippen molar-refractivity contribution in [3.63, 3.8) is 0 Å². The summed E-state index contributed by atoms with van der Waals surface area (Å²) in [5.41, 5.74) is 7.57. The minimum absolute atomic E-state index is 0.0838. The average molecular weight is 1370 g/mol. The van der Waals surface area contributed by atoms with Crippen molar-refractivity contribution in [1.82, 2.24) is 5.32 Å². The van der Waals surface area contributed by atoms with Gasteiger partial charge in [-0.1, -0.05) is 196 Å². The van der Waals surface area contributed by atoms with Crippen LogP contribution in [0.2, 0.25) is 0 Å². The van der Waals surface area contributed by atoms with Gasteiger partial charge in [0.25, 0.3) is 0 Å². The molecule has 1 amide bonds. The summed E-state index contributed by atoms with van der Waals surface area (Å²) in [6.45, 7) is 6.38. The highest BCUT2D eigenvalue weighted by Crippen LogP contribution is 2.47. The zero-order chi connectivity index (χ0) is 70.9. The number of esters is 1. The molecule has 3 aliphatic heterocycles. The van der Waals surface area contributed by atoms with Gasteiger partial charge in [0.2, 0.25) is 0 Å². The standard InChI is InChI=1S/C77H93NO21/c1-45-25-15-13-11-9-7-5-6-8-10-12-14-16-26-52(97-74-72(87)69(71(86)48(4)96-74)78-75(90)93-43-61-57-31-21-17-27-53(57)54-28-18-22-32-58(54)61)40-65-68(73(88)89)66(98-76(91)94-44-62-59-33-23-19-29-55(59)56-30-20-24-34-60(56)62)42-77(92,99-65)41-51(81)38-64(83)63(82)36-35-49(79)37-50(80)39-67(84)95-47(3)46(2)70(45)85/h5-34,45-52,61-66,68-72,74,79-83,85-87,92H,35-44H2,1-4H3,(H,78,90)(H,88,89)/b6-5+,9-7+,10-8+,13-11+,14-12+,25-15+,26-16+/t45-,46-,47-,48+,49+,50+,51-,52-,63+,64+,65-,66-,68-,69-,70+,71+,72-,74-,77+/m0/s1. The second-order valence-corrected chi connectivity index (χ2v) is 26.4. The van der Waals surface area contributed by atoms with Crippen LogP contribution < -0.4 is 5.32 Å². The normalized spacial score (nSPS) is 34.6. The molecule has 22 heteroatoms. The predicted molar refractivity (Wildman–Crippen MR) is 365 cm³/mol. The third kappa shape index (κ3) is 20.0. The van der Waals surface area contributed by atoms with Crippen molar-refractivity contribution in [2.75, 3.05) is 13.2 Å². The van der Waals surface area contributed by atoms with Crippen molar-refractivity contribution in [1.29, 1.82) is 0 Å². The predicted octanol–water partition coefficient (Wildman–Crippen LogP) is 8.27. The van der Waals surface area contributed by atoms with Gasteiger partial charge in [-0.25, -0.2) is 9.59 Å². The van der Waals surface area contributed by atoms with E-state index in [-0.39, 0.29) is 44.3 Å². The molecular formula is C77H93NO21. The van der Waals surface area contributed by atoms with E-state index in [4.69, 9.17) is 33.2 Å². The maximum atomic E-state index is 14.1. The number of aliphatic hydroxyl groups is 9. The number of fused-ring (bicyclic) bond motifs is 8. The molecule has 3 heterocycles. The summed E-state index contributed by atoms with van der Waals surface area (Å²) in [5.74, 6) is -8.22. The largest absolute Gasteiger partial charge is 0.508 e. The molecule has 0 unspecified atom stereocenters. The summed E-state index contributed by atoms with van der Waals surface area (Å²) in [5, 5.41) is 117. The highest BCUT2D eigenvalue weighted by molar-refractivity contribution is 5.80. The summed E-state index contributed by atoms with van der Waals surface area (Å²) in [6.07, 6.45) is -2.04. The molecular weight excluding hydrogens is 1270 g/mol. The zero-order valence-electron chi connectivity index (χ0n) is 55.9. The number of carboxylic acids is 1. The summed E-state index contributed by atoms with van der Waals surface area (Å²) in [6, 6.07) is 29.3. The zero-order valence-corrected chi connectivity index (χ0v) is 55.9. The number of allylic oxidation sites excluding steroid dienone is 12. The summed E-state index contributed by atoms with van der Waals surface area (Å²) >= 11 is 0. The van der Waals surface area contributed by atoms with Crippen molar-refractivity contribution >= 4 is 24.2 Å². The molecule has 2 bridgehead atoms. The van der Waals surface area contributed by atoms with Gasteiger partial charge in [0.15, 0.2) is 12.1 Å². The van der Waals surface area contributed by atoms with Crippen LogP contribution in [0.15, 0.2) is 182 Å². The first-order chi connectivity index (χ1) is 47.5. The van der Waals surface area contributed by atoms with E-state index in [1.807, 2.05) is 110 Å². The maximum absolute atomic E-state index is 14.1. The van der Waals surface area contributed by atoms with Gasteiger partial charge in [-0.15, -0.1) is 0 Å². The SMILES string of the molecule is C[C@@H]1[C@H](O)[C@@H](C)/C=C/C=C/C=C/C=C/C=C/C=C/C=C/[C@H](O[C@@H]2O[C@H](C)[C@@H](O)[C@H](NC(=O)OCC3c4ccccc4-c4ccccc43)[C@@H]2O)C[C@@H]2O[C@](O)(C[C@@H](O)C[C@@H](O)[C@H](O)CC[C@@H](O)C[C@@H](O)CC(=O)O[C@H]1C)C[C@H](OC(=O)OCC1c3ccccc3-c3ccccc31)[C@H]2C(=O)O. The molecule has 0 radical (unpaired) electrons. The fourth-order valence-electron chi connectivity index (χ4n) is 13.7. The van der Waals surface area contributed by atoms with Crippen molar-refractivity contribution in [3.05, 3.63) is 204 Å². The summed E-state index contributed by atoms with van der Waals surface area (Å²) in [4.78, 5) is 54.4. The van der Waals surface area contributed by atoms with E-state index in [0.29, 0.717) is 0 Å². The first-order valence-corrected chi connectivity index (χ1v) is 33.9. The van der Waals surface area contributed by atoms with Gasteiger partial charge in [0.1, 0.15) is 43.5 Å². The van der Waals surface area contributed by atoms with Gasteiger partial charge < -0.3 is 89.5 Å². The molecule has 0 saturated carbocycles. The number of alkyl carbamates (subject to hydrolysis) is 1. The maximum Gasteiger partial charge on any atom is 0.508 e. The van der Waals surface area contributed by atoms with Crippen LogP contribution in [0.25, 0.3) is 22.3 Å². The average Bonchev–Trinajstić information content (AvgIpc) is 1.71. The molecule has 5 aliphatic rings. The Labute approximate surface area is 576 Å². The molecule has 0 aromatic heterocycles. The molecule has 2 aliphatic carbocycles. The fourth-order valence-corrected chi connectivity index (χ4v) is 13.7. The van der Waals surface area contributed by atoms with E-state index >= 15 is 0 Å². The van der Waals surface area contributed by atoms with Gasteiger partial charge in [-0.2, -0.15) is 0 Å². The van der Waals surface area contributed by atoms with Crippen LogP contribution in [0.3, 0.4) is 0 Å². The number of amides is 1. The van der Waals surface area contributed by atoms with Gasteiger partial charge in [-0.3, -0.25) is 9.59 Å². The number of rotatable bonds is 9. The Bertz CT molecular complexity index is 3490. The highest BCUT2D eigenvalue weighted by Gasteiger charge is 2.54. The minimum Gasteiger partial charge on any atom is -0.481 e. The van der Waals surface area contributed by atoms with Crippen LogP contribution in [0.4, 0.5) is 9.59 Å². The first kappa shape index (κ1) is 75.3. The van der Waals surface area contributed by atoms with E-state index in [2.05, 4.69) is 5.32 Å². The van der Waals surface area contributed by atoms with Gasteiger partial charge in [0.05, 0.1) is 67.4 Å². The van der Waals surface area contributed by atoms with Crippen molar-refractivity contribution in [2.24, 2.45) is 17.8 Å². The molecule has 9 rings (SSSR count). The number of benzene rings is 4. The Morgan fingerprint density at radius 2 is 1.06 bits per heavy atom. The van der Waals surface area contributed by atoms with Crippen molar-refractivity contribution in [2.45, 2.75) is 188 Å². The van der Waals surface area contributed by atoms with Crippen LogP contribution >= 0.6 is 0 Å². The molecule has 532 valence electrons. The van der Waals surface area contributed by atoms with Gasteiger partial charge in [-0.05, 0) is 77.6 Å². The molecule has 22 nitrogen and oxygen atoms in total. The molecule has 2 saturated heterocycles. The number of aliphatic hydroxyl groups excluding tert-OH is 8. The lowest BCUT2D eigenvalue weighted by Crippen LogP contribution is -2.64. The third-order valence-corrected chi connectivity index (χ3v) is 19.2. The number of hydrogen-bond donors (Lipinski definition) is 11. The molecule has 11 N–H and O–H groups in total. The number of carbonyl (C=O) groups is 4. The van der Waals surface area contributed by atoms with Crippen LogP contribution in [-0.2, 0) is 42.7 Å². The fraction of sp³-hybridized carbons (Fsp3) is 0.455. The molecule has 0 spiro atoms. The van der Waals surface area contributed by atoms with E-state index in [1.54, 1.807) is 86.8 Å². The van der Waals surface area contributed by atoms with Crippen molar-refractivity contribution < 1.29 is 103 Å². The van der Waals surface area contributed by atoms with E-state index in [9.17, 15) is 70.2 Å². The van der Waals surface area contributed by atoms with Crippen LogP contribution in [0.1, 0.15) is 113 Å². The summed E-state index contributed by atoms with van der Waals surface area (Å²) in [7, 11) is 0. The smallest absolute Gasteiger partial charge is 0.481 e. The van der Waals surface area contributed by atoms with Crippen molar-refractivity contribution in [3.8, 4) is 22.3 Å². The topological polar surface area (TPSA) is 347 Å². The Morgan fingerprint density at radius 3 is 1.60 bits per heavy atom. The minimum atomic E-state index is -2.56. The highest BCUT2D eigenvalue weighted by atomic mass is 16.7. The van der Waals surface area contributed by atoms with Gasteiger partial charge >= 0.3 is 24.2 Å². The van der Waals surface area contributed by atoms with Crippen LogP contribution in [-0.4, -0.2) is 186 Å². The number of nitrogens with one attached hydrogen (secondary N) is 1. The second kappa shape index (κ2) is 35.4. The Hall–Kier alpha value is -7.94. The van der Waals surface area contributed by atoms with E-state index in [0.717, 1.165) is 44.5 Å². The molecule has 4 aromatic rings. The van der Waals surface area contributed by atoms with Crippen LogP contribution in [0.5, 0.6) is 0 Å². The Balaban J connectivity index is 0.974. The summed E-state index contributed by atoms with van der Waals surface area (Å²) < 4.78 is 41.9. The number of aliphatic carboxylic acids is 1. The number of carbonyl (C=O) groups excluding carboxylic acids is 3. The molecule has 2 fully saturated rings. The number of carboxylic acid groups (broad SMARTS) is 1. The number of ether oxygens (including phenoxy) is 7. The van der Waals surface area contributed by atoms with Gasteiger partial charge in [0, 0.05) is 49.4 Å². The third-order valence-electron chi connectivity index (χ3n) is 19.2. The monoisotopic (exact) mass is 1370 g/mol. The Kier molecular flexibility index (Phi) is 26.9. The molecule has 4 aromatic carbocycles. The van der Waals surface area contributed by atoms with Crippen LogP contribution in [0, 0.1) is 17.8 Å². The first-order valence-electron chi connectivity index (χ1n) is 33.9. The van der Waals surface area contributed by atoms with E-state index < -0.39 is 172 Å². The van der Waals surface area contributed by atoms with E-state index in [1.165, 1.54) is 13.0 Å². The number of hydrogen-bond acceptors (Lipinski definition) is 20. The second-order valence-electron chi connectivity index (χ2n) is 26.4.